The molecule has 1 aliphatic carbocycles. The molecule has 2 aliphatic heterocycles. The summed E-state index contributed by atoms with van der Waals surface area (Å²) in [6, 6.07) is 3.66. The largest absolute Gasteiger partial charge is 0.504 e. The van der Waals surface area contributed by atoms with Crippen molar-refractivity contribution in [3.8, 4) is 34.1 Å². The Labute approximate surface area is 168 Å². The van der Waals surface area contributed by atoms with E-state index >= 15 is 0 Å². The van der Waals surface area contributed by atoms with Crippen LogP contribution in [0.2, 0.25) is 0 Å². The summed E-state index contributed by atoms with van der Waals surface area (Å²) in [4.78, 5) is 12.8. The van der Waals surface area contributed by atoms with E-state index in [2.05, 4.69) is 0 Å². The monoisotopic (exact) mass is 423 g/mol. The number of halogens is 3. The molecule has 0 saturated carbocycles. The summed E-state index contributed by atoms with van der Waals surface area (Å²) in [6.45, 7) is -0.523. The van der Waals surface area contributed by atoms with Crippen LogP contribution in [0.15, 0.2) is 18.2 Å². The fraction of sp³-hybridized carbons (Fsp3) is 0.350. The van der Waals surface area contributed by atoms with Gasteiger partial charge >= 0.3 is 12.1 Å². The van der Waals surface area contributed by atoms with E-state index in [1.807, 2.05) is 0 Å². The molecule has 30 heavy (non-hydrogen) atoms. The average Bonchev–Trinajstić information content (AvgIpc) is 3.15. The van der Waals surface area contributed by atoms with Gasteiger partial charge in [0.25, 0.3) is 0 Å². The number of methoxy groups -OCH3 is 1. The molecule has 0 spiro atoms. The van der Waals surface area contributed by atoms with Crippen molar-refractivity contribution < 1.29 is 42.4 Å². The number of aliphatic hydroxyl groups excluding tert-OH is 1. The van der Waals surface area contributed by atoms with Gasteiger partial charge < -0.3 is 29.3 Å². The number of carbonyl (C=O) groups is 1. The van der Waals surface area contributed by atoms with Gasteiger partial charge in [0.1, 0.15) is 0 Å². The Morgan fingerprint density at radius 2 is 1.93 bits per heavy atom. The maximum Gasteiger partial charge on any atom is 0.471 e. The number of aliphatic hydroxyl groups is 1. The molecule has 2 N–H and O–H groups in total. The normalized spacial score (nSPS) is 21.2. The van der Waals surface area contributed by atoms with Crippen LogP contribution in [-0.4, -0.2) is 47.6 Å². The minimum absolute atomic E-state index is 0.00124. The summed E-state index contributed by atoms with van der Waals surface area (Å²) in [6.07, 6.45) is -6.40. The number of carbonyl (C=O) groups excluding carboxylic acids is 1. The highest BCUT2D eigenvalue weighted by molar-refractivity contribution is 5.88. The first-order valence-corrected chi connectivity index (χ1v) is 9.13. The smallest absolute Gasteiger partial charge is 0.471 e. The van der Waals surface area contributed by atoms with Crippen LogP contribution in [0.1, 0.15) is 28.8 Å². The molecule has 2 atom stereocenters. The van der Waals surface area contributed by atoms with E-state index in [0.29, 0.717) is 33.1 Å². The predicted octanol–water partition coefficient (Wildman–Crippen LogP) is 2.83. The first-order valence-electron chi connectivity index (χ1n) is 9.13. The van der Waals surface area contributed by atoms with Crippen LogP contribution in [0.3, 0.4) is 0 Å². The lowest BCUT2D eigenvalue weighted by atomic mass is 9.75. The Balaban J connectivity index is 1.78. The number of phenolic OH excluding ortho intramolecular Hbond substituents is 1. The van der Waals surface area contributed by atoms with Crippen LogP contribution in [0.5, 0.6) is 23.0 Å². The molecule has 10 heteroatoms. The topological polar surface area (TPSA) is 88.5 Å². The summed E-state index contributed by atoms with van der Waals surface area (Å²) < 4.78 is 55.8. The van der Waals surface area contributed by atoms with Gasteiger partial charge in [-0.2, -0.15) is 13.2 Å². The number of amides is 1. The van der Waals surface area contributed by atoms with Gasteiger partial charge in [-0.3, -0.25) is 4.79 Å². The second-order valence-electron chi connectivity index (χ2n) is 7.36. The molecule has 7 nitrogen and oxygen atoms in total. The van der Waals surface area contributed by atoms with E-state index < -0.39 is 30.8 Å². The molecule has 0 aromatic heterocycles. The SMILES string of the molecule is COc1cc2c3c(c1O)-c1cc4c(cc1C[C@@H]3N(C(=O)C(F)(F)F)C[C@H]2O)OCO4. The molecule has 2 heterocycles. The minimum atomic E-state index is -5.10. The van der Waals surface area contributed by atoms with Crippen molar-refractivity contribution >= 4 is 5.91 Å². The van der Waals surface area contributed by atoms with Gasteiger partial charge in [-0.05, 0) is 46.9 Å². The molecule has 1 amide bonds. The number of benzene rings is 2. The van der Waals surface area contributed by atoms with Gasteiger partial charge in [-0.15, -0.1) is 0 Å². The molecule has 0 radical (unpaired) electrons. The zero-order valence-corrected chi connectivity index (χ0v) is 15.6. The van der Waals surface area contributed by atoms with E-state index in [1.54, 1.807) is 12.1 Å². The van der Waals surface area contributed by atoms with Gasteiger partial charge in [-0.25, -0.2) is 0 Å². The number of aromatic hydroxyl groups is 1. The molecule has 0 fully saturated rings. The maximum absolute atomic E-state index is 13.3. The fourth-order valence-electron chi connectivity index (χ4n) is 4.51. The molecule has 2 aromatic carbocycles. The zero-order chi connectivity index (χ0) is 21.4. The molecule has 158 valence electrons. The van der Waals surface area contributed by atoms with Crippen molar-refractivity contribution in [3.05, 3.63) is 34.9 Å². The van der Waals surface area contributed by atoms with Crippen molar-refractivity contribution in [3.63, 3.8) is 0 Å². The van der Waals surface area contributed by atoms with Crippen molar-refractivity contribution in [1.29, 1.82) is 0 Å². The Kier molecular flexibility index (Phi) is 3.88. The van der Waals surface area contributed by atoms with Gasteiger partial charge in [0, 0.05) is 5.56 Å². The molecule has 0 bridgehead atoms. The number of nitrogens with zero attached hydrogens (tertiary/aromatic N) is 1. The lowest BCUT2D eigenvalue weighted by molar-refractivity contribution is -0.190. The quantitative estimate of drug-likeness (QED) is 0.734. The Hall–Kier alpha value is -3.14. The highest BCUT2D eigenvalue weighted by atomic mass is 19.4. The van der Waals surface area contributed by atoms with Crippen LogP contribution in [0.25, 0.3) is 11.1 Å². The highest BCUT2D eigenvalue weighted by Crippen LogP contribution is 2.55. The predicted molar refractivity (Wildman–Crippen MR) is 95.4 cm³/mol. The molecule has 3 aliphatic rings. The number of alkyl halides is 3. The molecular formula is C20H16F3NO6. The first kappa shape index (κ1) is 18.9. The summed E-state index contributed by atoms with van der Waals surface area (Å²) in [7, 11) is 1.34. The van der Waals surface area contributed by atoms with Gasteiger partial charge in [0.2, 0.25) is 6.79 Å². The summed E-state index contributed by atoms with van der Waals surface area (Å²) in [5.41, 5.74) is 1.92. The molecule has 5 rings (SSSR count). The maximum atomic E-state index is 13.3. The van der Waals surface area contributed by atoms with Crippen LogP contribution >= 0.6 is 0 Å². The lowest BCUT2D eigenvalue weighted by Gasteiger charge is -2.43. The first-order chi connectivity index (χ1) is 14.2. The third-order valence-electron chi connectivity index (χ3n) is 5.78. The van der Waals surface area contributed by atoms with Gasteiger partial charge in [0.05, 0.1) is 25.8 Å². The van der Waals surface area contributed by atoms with Crippen LogP contribution < -0.4 is 14.2 Å². The molecule has 2 aromatic rings. The van der Waals surface area contributed by atoms with Crippen LogP contribution in [-0.2, 0) is 11.2 Å². The Morgan fingerprint density at radius 3 is 2.60 bits per heavy atom. The van der Waals surface area contributed by atoms with E-state index in [1.165, 1.54) is 13.2 Å². The van der Waals surface area contributed by atoms with Crippen molar-refractivity contribution in [2.24, 2.45) is 0 Å². The van der Waals surface area contributed by atoms with E-state index in [0.717, 1.165) is 0 Å². The van der Waals surface area contributed by atoms with Gasteiger partial charge in [0.15, 0.2) is 23.0 Å². The van der Waals surface area contributed by atoms with Gasteiger partial charge in [-0.1, -0.05) is 0 Å². The highest BCUT2D eigenvalue weighted by Gasteiger charge is 2.50. The number of phenols is 1. The standard InChI is InChI=1S/C20H16F3NO6/c1-28-15-5-10-12(25)6-24(19(27)20(21,22)23)11-2-8-3-13-14(30-7-29-13)4-9(8)17(16(10)11)18(15)26/h3-5,11-12,25-26H,2,6-7H2,1H3/t11-,12+/m0/s1. The van der Waals surface area contributed by atoms with Crippen LogP contribution in [0, 0.1) is 0 Å². The number of fused-ring (bicyclic) bond motifs is 3. The van der Waals surface area contributed by atoms with E-state index in [9.17, 15) is 28.2 Å². The number of ether oxygens (including phenoxy) is 3. The van der Waals surface area contributed by atoms with E-state index in [-0.39, 0.29) is 35.8 Å². The van der Waals surface area contributed by atoms with E-state index in [4.69, 9.17) is 14.2 Å². The second-order valence-corrected chi connectivity index (χ2v) is 7.36. The second kappa shape index (κ2) is 6.18. The van der Waals surface area contributed by atoms with Crippen molar-refractivity contribution in [2.75, 3.05) is 20.4 Å². The number of β-amino-alcohol motifs (C(OH)–C–C–N with tert-alkyl or cyclic N) is 1. The van der Waals surface area contributed by atoms with Crippen molar-refractivity contribution in [1.82, 2.24) is 4.90 Å². The summed E-state index contributed by atoms with van der Waals surface area (Å²) in [5.74, 6) is -1.38. The Bertz CT molecular complexity index is 1080. The zero-order valence-electron chi connectivity index (χ0n) is 15.6. The molecule has 0 saturated heterocycles. The third kappa shape index (κ3) is 2.53. The number of hydrogen-bond donors (Lipinski definition) is 2. The average molecular weight is 423 g/mol. The number of rotatable bonds is 1. The number of hydrogen-bond acceptors (Lipinski definition) is 6. The third-order valence-corrected chi connectivity index (χ3v) is 5.78. The molecule has 0 unspecified atom stereocenters. The fourth-order valence-corrected chi connectivity index (χ4v) is 4.51. The van der Waals surface area contributed by atoms with Crippen molar-refractivity contribution in [2.45, 2.75) is 24.7 Å². The lowest BCUT2D eigenvalue weighted by Crippen LogP contribution is -2.49. The molecular weight excluding hydrogens is 407 g/mol. The summed E-state index contributed by atoms with van der Waals surface area (Å²) in [5, 5.41) is 21.4. The Morgan fingerprint density at radius 1 is 1.23 bits per heavy atom. The summed E-state index contributed by atoms with van der Waals surface area (Å²) >= 11 is 0. The van der Waals surface area contributed by atoms with Crippen LogP contribution in [0.4, 0.5) is 13.2 Å². The minimum Gasteiger partial charge on any atom is -0.504 e.